The fraction of sp³-hybridized carbons (Fsp3) is 0.373. The number of fused-ring (bicyclic) bond motifs is 5. The fourth-order valence-electron chi connectivity index (χ4n) is 12.8. The van der Waals surface area contributed by atoms with E-state index in [1.807, 2.05) is 38.1 Å². The van der Waals surface area contributed by atoms with E-state index in [1.54, 1.807) is 36.1 Å². The number of nitrogens with zero attached hydrogens (tertiary/aromatic N) is 8. The van der Waals surface area contributed by atoms with Crippen molar-refractivity contribution in [1.29, 1.82) is 0 Å². The van der Waals surface area contributed by atoms with Crippen LogP contribution in [0.15, 0.2) is 84.0 Å². The summed E-state index contributed by atoms with van der Waals surface area (Å²) in [5, 5.41) is 22.9. The van der Waals surface area contributed by atoms with Gasteiger partial charge in [0.05, 0.1) is 34.4 Å². The third-order valence-electron chi connectivity index (χ3n) is 17.3. The lowest BCUT2D eigenvalue weighted by Crippen LogP contribution is -2.51. The van der Waals surface area contributed by atoms with Gasteiger partial charge in [-0.15, -0.1) is 0 Å². The lowest BCUT2D eigenvalue weighted by molar-refractivity contribution is -0.133. The number of para-hydroxylation sites is 1. The lowest BCUT2D eigenvalue weighted by Gasteiger charge is -2.36. The molecule has 17 nitrogen and oxygen atoms in total. The van der Waals surface area contributed by atoms with E-state index in [0.717, 1.165) is 139 Å². The number of amides is 3. The molecule has 0 spiro atoms. The molecular weight excluding hydrogens is 1140 g/mol. The standard InChI is InChI=1S/C67H71ClFN11O6S/c1-5-6-13-43-32-50-58(51-33-44-14-7-8-24-79-25-11-16-48(61(44)79)63(51)86-62(50)47-15-10-22-70-60(43)47)49-34-45(20-21-46(49)66(84)85)64(82)71-23-26-80(37-42-19-18-39(2)53(69)31-42)57(81)38-77-27-29-78(30-28-77)56-35-55(73-41(4)74-56)75-67-72-36-54(87-67)65(83)76-59-40(3)12-9-17-52(59)68/h9,12,17-21,31-36H,5-8,10-11,13-16,22-30,37-38H2,1-4H3,(H,71,82)(H,76,83)(H,84,85)(H,72,73,74,75). The Morgan fingerprint density at radius 3 is 2.46 bits per heavy atom. The van der Waals surface area contributed by atoms with Crippen LogP contribution in [0.5, 0.6) is 11.5 Å². The van der Waals surface area contributed by atoms with E-state index in [2.05, 4.69) is 59.7 Å². The zero-order valence-corrected chi connectivity index (χ0v) is 51.2. The number of halogens is 2. The maximum atomic E-state index is 15.0. The second-order valence-electron chi connectivity index (χ2n) is 23.3. The second-order valence-corrected chi connectivity index (χ2v) is 24.7. The predicted molar refractivity (Wildman–Crippen MR) is 338 cm³/mol. The van der Waals surface area contributed by atoms with Crippen LogP contribution < -0.4 is 41.1 Å². The molecule has 0 aliphatic carbocycles. The molecule has 1 saturated heterocycles. The van der Waals surface area contributed by atoms with Gasteiger partial charge in [0.2, 0.25) is 5.91 Å². The quantitative estimate of drug-likeness (QED) is 0.0634. The summed E-state index contributed by atoms with van der Waals surface area (Å²) in [4.78, 5) is 83.3. The van der Waals surface area contributed by atoms with Gasteiger partial charge in [0.1, 0.15) is 39.7 Å². The Bertz CT molecular complexity index is 4000. The molecule has 0 saturated carbocycles. The smallest absolute Gasteiger partial charge is 0.336 e. The number of nitrogens with one attached hydrogen (secondary N) is 3. The first-order valence-corrected chi connectivity index (χ1v) is 31.5. The first kappa shape index (κ1) is 59.1. The van der Waals surface area contributed by atoms with Crippen molar-refractivity contribution in [2.75, 3.05) is 85.9 Å². The van der Waals surface area contributed by atoms with Gasteiger partial charge in [-0.3, -0.25) is 24.3 Å². The number of rotatable bonds is 18. The normalized spacial score (nSPS) is 15.2. The Labute approximate surface area is 514 Å². The lowest BCUT2D eigenvalue weighted by atomic mass is 9.82. The van der Waals surface area contributed by atoms with Gasteiger partial charge < -0.3 is 40.5 Å². The van der Waals surface area contributed by atoms with Crippen LogP contribution in [0.4, 0.5) is 32.5 Å². The Morgan fingerprint density at radius 1 is 0.828 bits per heavy atom. The van der Waals surface area contributed by atoms with Crippen LogP contribution in [0.1, 0.15) is 132 Å². The van der Waals surface area contributed by atoms with Crippen LogP contribution in [0, 0.1) is 26.6 Å². The van der Waals surface area contributed by atoms with Crippen LogP contribution >= 0.6 is 22.9 Å². The molecule has 3 amide bonds. The minimum absolute atomic E-state index is 0.0718. The zero-order chi connectivity index (χ0) is 60.5. The molecular formula is C67H71ClFN11O6S. The summed E-state index contributed by atoms with van der Waals surface area (Å²) in [7, 11) is 0. The summed E-state index contributed by atoms with van der Waals surface area (Å²) in [6.45, 7) is 12.9. The molecule has 2 aromatic heterocycles. The summed E-state index contributed by atoms with van der Waals surface area (Å²) >= 11 is 7.55. The highest BCUT2D eigenvalue weighted by atomic mass is 35.5. The number of benzene rings is 5. The molecule has 450 valence electrons. The number of aryl methyl sites for hydroxylation is 5. The Hall–Kier alpha value is -8.26. The van der Waals surface area contributed by atoms with Gasteiger partial charge >= 0.3 is 5.97 Å². The molecule has 7 aromatic rings. The van der Waals surface area contributed by atoms with Gasteiger partial charge in [0, 0.05) is 110 Å². The summed E-state index contributed by atoms with van der Waals surface area (Å²) in [6.07, 6.45) is 10.8. The fourth-order valence-corrected chi connectivity index (χ4v) is 13.8. The monoisotopic (exact) mass is 1210 g/mol. The van der Waals surface area contributed by atoms with Gasteiger partial charge in [0.25, 0.3) is 11.8 Å². The van der Waals surface area contributed by atoms with Crippen LogP contribution in [-0.4, -0.2) is 119 Å². The molecule has 5 aromatic carbocycles. The largest absolute Gasteiger partial charge is 0.478 e. The molecule has 12 rings (SSSR count). The number of carbonyl (C=O) groups is 4. The summed E-state index contributed by atoms with van der Waals surface area (Å²) < 4.78 is 22.3. The van der Waals surface area contributed by atoms with E-state index in [0.29, 0.717) is 81.0 Å². The number of piperazine rings is 1. The molecule has 20 heteroatoms. The molecule has 5 aliphatic heterocycles. The van der Waals surface area contributed by atoms with Crippen molar-refractivity contribution >= 4 is 80.3 Å². The number of hydrogen-bond acceptors (Lipinski definition) is 14. The van der Waals surface area contributed by atoms with Crippen molar-refractivity contribution in [3.63, 3.8) is 0 Å². The number of aromatic nitrogens is 3. The van der Waals surface area contributed by atoms with Crippen LogP contribution in [0.2, 0.25) is 5.02 Å². The second kappa shape index (κ2) is 25.6. The van der Waals surface area contributed by atoms with Gasteiger partial charge in [-0.2, -0.15) is 0 Å². The third kappa shape index (κ3) is 12.5. The molecule has 0 radical (unpaired) electrons. The van der Waals surface area contributed by atoms with Crippen molar-refractivity contribution in [2.24, 2.45) is 4.99 Å². The average Bonchev–Trinajstić information content (AvgIpc) is 1.11. The van der Waals surface area contributed by atoms with Crippen molar-refractivity contribution in [3.8, 4) is 11.5 Å². The molecule has 87 heavy (non-hydrogen) atoms. The van der Waals surface area contributed by atoms with E-state index in [-0.39, 0.29) is 54.9 Å². The number of unbranched alkanes of at least 4 members (excludes halogenated alkanes) is 1. The summed E-state index contributed by atoms with van der Waals surface area (Å²) in [6, 6.07) is 21.4. The average molecular weight is 1210 g/mol. The SMILES string of the molecule is CCCCc1cc2c(c3c1=NCCC3)Oc1c(cc3c4c1CCCN4CCCC3)C=2c1cc(C(=O)NCCN(Cc2ccc(C)c(F)c2)C(=O)CN2CCN(c3cc(Nc4ncc(C(=O)Nc5c(C)cccc5Cl)s4)nc(C)n3)CC2)ccc1C(=O)O. The molecule has 1 fully saturated rings. The van der Waals surface area contributed by atoms with Gasteiger partial charge in [-0.1, -0.05) is 60.5 Å². The van der Waals surface area contributed by atoms with Crippen molar-refractivity contribution in [2.45, 2.75) is 98.4 Å². The third-order valence-corrected chi connectivity index (χ3v) is 18.5. The van der Waals surface area contributed by atoms with Crippen molar-refractivity contribution in [3.05, 3.63) is 172 Å². The molecule has 0 bridgehead atoms. The van der Waals surface area contributed by atoms with Crippen LogP contribution in [0.3, 0.4) is 0 Å². The zero-order valence-electron chi connectivity index (χ0n) is 49.6. The Kier molecular flexibility index (Phi) is 17.4. The van der Waals surface area contributed by atoms with E-state index >= 15 is 4.39 Å². The summed E-state index contributed by atoms with van der Waals surface area (Å²) in [5.41, 5.74) is 10.7. The number of carboxylic acids is 1. The minimum Gasteiger partial charge on any atom is -0.478 e. The predicted octanol–water partition coefficient (Wildman–Crippen LogP) is 10.3. The summed E-state index contributed by atoms with van der Waals surface area (Å²) in [5.74, 6) is 0.839. The maximum absolute atomic E-state index is 15.0. The number of carboxylic acid groups (broad SMARTS) is 1. The highest BCUT2D eigenvalue weighted by Gasteiger charge is 2.35. The molecule has 0 atom stereocenters. The number of aromatic carboxylic acids is 1. The topological polar surface area (TPSA) is 198 Å². The van der Waals surface area contributed by atoms with E-state index in [4.69, 9.17) is 26.3 Å². The van der Waals surface area contributed by atoms with Gasteiger partial charge in [0.15, 0.2) is 5.13 Å². The van der Waals surface area contributed by atoms with Crippen LogP contribution in [0.25, 0.3) is 5.57 Å². The van der Waals surface area contributed by atoms with Crippen LogP contribution in [-0.2, 0) is 37.0 Å². The van der Waals surface area contributed by atoms with E-state index < -0.39 is 11.9 Å². The number of hydrogen-bond donors (Lipinski definition) is 4. The maximum Gasteiger partial charge on any atom is 0.336 e. The number of ether oxygens (including phenoxy) is 1. The first-order valence-electron chi connectivity index (χ1n) is 30.3. The molecule has 5 aliphatic rings. The van der Waals surface area contributed by atoms with E-state index in [1.165, 1.54) is 40.9 Å². The Morgan fingerprint density at radius 2 is 1.66 bits per heavy atom. The van der Waals surface area contributed by atoms with Gasteiger partial charge in [-0.05, 0) is 154 Å². The molecule has 7 heterocycles. The van der Waals surface area contributed by atoms with E-state index in [9.17, 15) is 24.3 Å². The first-order chi connectivity index (χ1) is 42.2. The number of thiazole rings is 1. The highest BCUT2D eigenvalue weighted by molar-refractivity contribution is 7.17. The van der Waals surface area contributed by atoms with Crippen molar-refractivity contribution < 1.29 is 33.4 Å². The van der Waals surface area contributed by atoms with Gasteiger partial charge in [-0.25, -0.2) is 24.1 Å². The molecule has 0 unspecified atom stereocenters. The molecule has 4 N–H and O–H groups in total. The Balaban J connectivity index is 0.769. The number of carbonyl (C=O) groups excluding carboxylic acids is 3. The van der Waals surface area contributed by atoms with Crippen molar-refractivity contribution in [1.82, 2.24) is 30.1 Å². The number of anilines is 5. The minimum atomic E-state index is -1.10. The highest BCUT2D eigenvalue weighted by Crippen LogP contribution is 2.49.